The summed E-state index contributed by atoms with van der Waals surface area (Å²) in [5.41, 5.74) is 2.97. The number of fused-ring (bicyclic) bond motifs is 2. The van der Waals surface area contributed by atoms with Gasteiger partial charge in [-0.1, -0.05) is 64.6 Å². The van der Waals surface area contributed by atoms with Crippen LogP contribution in [0.2, 0.25) is 20.1 Å². The van der Waals surface area contributed by atoms with E-state index in [0.29, 0.717) is 29.0 Å². The maximum atomic E-state index is 13.6. The van der Waals surface area contributed by atoms with Crippen molar-refractivity contribution in [1.29, 1.82) is 0 Å². The Bertz CT molecular complexity index is 2080. The van der Waals surface area contributed by atoms with Crippen LogP contribution in [-0.2, 0) is 0 Å². The second-order valence-electron chi connectivity index (χ2n) is 13.1. The largest absolute Gasteiger partial charge is 0.354 e. The van der Waals surface area contributed by atoms with Crippen LogP contribution in [-0.4, -0.2) is 95.7 Å². The molecule has 2 heterocycles. The van der Waals surface area contributed by atoms with Gasteiger partial charge in [-0.05, 0) is 90.5 Å². The van der Waals surface area contributed by atoms with Crippen LogP contribution in [0.4, 0.5) is 34.9 Å². The Morgan fingerprint density at radius 1 is 0.604 bits per heavy atom. The first-order valence-corrected chi connectivity index (χ1v) is 18.4. The standard InChI is InChI=1S/C37H38Cl4N10O2/c1-50(2)18-6-16-42-35-47-36(43-17-7-19-51(3)4)49-37(48-35)45-22-13-11-21(12-14-22)44-24-9-5-8-20-10-15-23(46-32(20)24)25-33(52)26-27(34(25)53)29(39)31(41)30(40)28(26)38/h5,8-15,25,44H,6-7,16-19H2,1-4H3,(H3,42,43,45,47,48,49). The molecule has 0 bridgehead atoms. The SMILES string of the molecule is CN(C)CCCNc1nc(NCCCN(C)C)nc(Nc2ccc(Nc3cccc4ccc(C5C(=O)c6c(Cl)c(Cl)c(Cl)c(Cl)c6C5=O)nc34)cc2)n1. The van der Waals surface area contributed by atoms with Gasteiger partial charge in [0.15, 0.2) is 11.6 Å². The Kier molecular flexibility index (Phi) is 12.2. The molecule has 1 aliphatic carbocycles. The first-order valence-electron chi connectivity index (χ1n) is 16.9. The van der Waals surface area contributed by atoms with E-state index >= 15 is 0 Å². The number of para-hydroxylation sites is 1. The maximum absolute atomic E-state index is 13.6. The van der Waals surface area contributed by atoms with Crippen LogP contribution in [0.25, 0.3) is 10.9 Å². The van der Waals surface area contributed by atoms with Crippen LogP contribution in [0.3, 0.4) is 0 Å². The van der Waals surface area contributed by atoms with Crippen LogP contribution in [0, 0.1) is 0 Å². The summed E-state index contributed by atoms with van der Waals surface area (Å²) in [6, 6.07) is 16.8. The molecule has 16 heteroatoms. The molecule has 0 aliphatic heterocycles. The van der Waals surface area contributed by atoms with Crippen LogP contribution in [0.5, 0.6) is 0 Å². The summed E-state index contributed by atoms with van der Waals surface area (Å²) in [7, 11) is 8.17. The van der Waals surface area contributed by atoms with E-state index in [1.807, 2.05) is 76.7 Å². The molecule has 12 nitrogen and oxygen atoms in total. The smallest absolute Gasteiger partial charge is 0.233 e. The summed E-state index contributed by atoms with van der Waals surface area (Å²) >= 11 is 25.2. The van der Waals surface area contributed by atoms with Gasteiger partial charge in [0, 0.05) is 29.9 Å². The Morgan fingerprint density at radius 3 is 1.64 bits per heavy atom. The van der Waals surface area contributed by atoms with Gasteiger partial charge in [0.05, 0.1) is 48.1 Å². The predicted octanol–water partition coefficient (Wildman–Crippen LogP) is 8.41. The topological polar surface area (TPSA) is 140 Å². The number of Topliss-reactive ketones (excluding diaryl/α,β-unsaturated/α-hetero) is 2. The van der Waals surface area contributed by atoms with Gasteiger partial charge in [-0.25, -0.2) is 4.98 Å². The molecule has 0 unspecified atom stereocenters. The minimum atomic E-state index is -1.24. The number of nitrogens with one attached hydrogen (secondary N) is 4. The van der Waals surface area contributed by atoms with Crippen molar-refractivity contribution in [2.24, 2.45) is 0 Å². The second kappa shape index (κ2) is 16.8. The lowest BCUT2D eigenvalue weighted by Crippen LogP contribution is -2.19. The molecule has 0 fully saturated rings. The molecule has 3 aromatic carbocycles. The minimum Gasteiger partial charge on any atom is -0.354 e. The zero-order valence-corrected chi connectivity index (χ0v) is 32.6. The van der Waals surface area contributed by atoms with E-state index in [-0.39, 0.29) is 36.9 Å². The van der Waals surface area contributed by atoms with Crippen molar-refractivity contribution in [3.8, 4) is 0 Å². The summed E-state index contributed by atoms with van der Waals surface area (Å²) in [6.45, 7) is 3.33. The Hall–Kier alpha value is -4.30. The zero-order chi connectivity index (χ0) is 37.8. The monoisotopic (exact) mass is 794 g/mol. The molecule has 0 atom stereocenters. The van der Waals surface area contributed by atoms with E-state index in [1.165, 1.54) is 0 Å². The van der Waals surface area contributed by atoms with Crippen molar-refractivity contribution in [3.63, 3.8) is 0 Å². The molecular formula is C37H38Cl4N10O2. The molecular weight excluding hydrogens is 758 g/mol. The van der Waals surface area contributed by atoms with Crippen LogP contribution >= 0.6 is 46.4 Å². The number of carbonyl (C=O) groups excluding carboxylic acids is 2. The zero-order valence-electron chi connectivity index (χ0n) is 29.5. The first-order chi connectivity index (χ1) is 25.4. The number of carbonyl (C=O) groups is 2. The van der Waals surface area contributed by atoms with E-state index < -0.39 is 17.5 Å². The van der Waals surface area contributed by atoms with E-state index in [1.54, 1.807) is 6.07 Å². The molecule has 5 aromatic rings. The normalized spacial score (nSPS) is 12.9. The molecule has 6 rings (SSSR count). The third kappa shape index (κ3) is 8.75. The lowest BCUT2D eigenvalue weighted by molar-refractivity contribution is 0.0888. The number of ketones is 2. The van der Waals surface area contributed by atoms with Gasteiger partial charge in [-0.2, -0.15) is 15.0 Å². The van der Waals surface area contributed by atoms with Gasteiger partial charge < -0.3 is 31.1 Å². The van der Waals surface area contributed by atoms with Gasteiger partial charge in [0.25, 0.3) is 0 Å². The summed E-state index contributed by atoms with van der Waals surface area (Å²) in [4.78, 5) is 50.0. The van der Waals surface area contributed by atoms with Crippen molar-refractivity contribution in [1.82, 2.24) is 29.7 Å². The summed E-state index contributed by atoms with van der Waals surface area (Å²) in [5.74, 6) is -0.929. The number of halogens is 4. The molecule has 4 N–H and O–H groups in total. The molecule has 0 saturated carbocycles. The van der Waals surface area contributed by atoms with Crippen LogP contribution < -0.4 is 21.3 Å². The number of pyridine rings is 1. The first kappa shape index (κ1) is 38.4. The molecule has 0 amide bonds. The molecule has 53 heavy (non-hydrogen) atoms. The second-order valence-corrected chi connectivity index (χ2v) is 14.6. The van der Waals surface area contributed by atoms with Gasteiger partial charge in [-0.3, -0.25) is 9.59 Å². The van der Waals surface area contributed by atoms with E-state index in [4.69, 9.17) is 51.4 Å². The van der Waals surface area contributed by atoms with Crippen molar-refractivity contribution in [3.05, 3.63) is 91.5 Å². The highest BCUT2D eigenvalue weighted by Crippen LogP contribution is 2.48. The maximum Gasteiger partial charge on any atom is 0.233 e. The van der Waals surface area contributed by atoms with Crippen molar-refractivity contribution >= 4 is 104 Å². The summed E-state index contributed by atoms with van der Waals surface area (Å²) < 4.78 is 0. The fourth-order valence-corrected chi connectivity index (χ4v) is 6.94. The lowest BCUT2D eigenvalue weighted by atomic mass is 9.98. The average molecular weight is 797 g/mol. The quantitative estimate of drug-likeness (QED) is 0.0350. The molecule has 0 spiro atoms. The van der Waals surface area contributed by atoms with Crippen LogP contribution in [0.15, 0.2) is 54.6 Å². The fourth-order valence-electron chi connectivity index (χ4n) is 5.90. The Balaban J connectivity index is 1.20. The van der Waals surface area contributed by atoms with E-state index in [2.05, 4.69) is 46.0 Å². The highest BCUT2D eigenvalue weighted by Gasteiger charge is 2.45. The summed E-state index contributed by atoms with van der Waals surface area (Å²) in [6.07, 6.45) is 1.88. The average Bonchev–Trinajstić information content (AvgIpc) is 3.40. The number of nitrogens with zero attached hydrogens (tertiary/aromatic N) is 6. The number of hydrogen-bond donors (Lipinski definition) is 4. The number of hydrogen-bond acceptors (Lipinski definition) is 12. The van der Waals surface area contributed by atoms with Crippen LogP contribution in [0.1, 0.15) is 45.2 Å². The number of rotatable bonds is 15. The third-order valence-electron chi connectivity index (χ3n) is 8.51. The molecule has 2 aromatic heterocycles. The fraction of sp³-hybridized carbons (Fsp3) is 0.297. The number of anilines is 6. The Labute approximate surface area is 327 Å². The predicted molar refractivity (Wildman–Crippen MR) is 216 cm³/mol. The van der Waals surface area contributed by atoms with Gasteiger partial charge >= 0.3 is 0 Å². The number of benzene rings is 3. The molecule has 0 saturated heterocycles. The van der Waals surface area contributed by atoms with Crippen molar-refractivity contribution < 1.29 is 9.59 Å². The minimum absolute atomic E-state index is 0.0415. The van der Waals surface area contributed by atoms with E-state index in [0.717, 1.165) is 55.8 Å². The summed E-state index contributed by atoms with van der Waals surface area (Å²) in [5, 5.41) is 13.8. The highest BCUT2D eigenvalue weighted by molar-refractivity contribution is 6.55. The third-order valence-corrected chi connectivity index (χ3v) is 10.3. The van der Waals surface area contributed by atoms with E-state index in [9.17, 15) is 9.59 Å². The highest BCUT2D eigenvalue weighted by atomic mass is 35.5. The number of aromatic nitrogens is 4. The molecule has 1 aliphatic rings. The van der Waals surface area contributed by atoms with Gasteiger partial charge in [0.2, 0.25) is 17.8 Å². The Morgan fingerprint density at radius 2 is 1.11 bits per heavy atom. The molecule has 276 valence electrons. The van der Waals surface area contributed by atoms with Crippen molar-refractivity contribution in [2.75, 3.05) is 75.6 Å². The molecule has 0 radical (unpaired) electrons. The van der Waals surface area contributed by atoms with Gasteiger partial charge in [0.1, 0.15) is 5.92 Å². The lowest BCUT2D eigenvalue weighted by Gasteiger charge is -2.14. The van der Waals surface area contributed by atoms with Gasteiger partial charge in [-0.15, -0.1) is 0 Å². The van der Waals surface area contributed by atoms with Crippen molar-refractivity contribution in [2.45, 2.75) is 18.8 Å².